The molecule has 0 aliphatic rings. The van der Waals surface area contributed by atoms with Crippen molar-refractivity contribution in [2.75, 3.05) is 13.2 Å². The fourth-order valence-corrected chi connectivity index (χ4v) is 1.66. The molecule has 20 heavy (non-hydrogen) atoms. The van der Waals surface area contributed by atoms with Gasteiger partial charge in [0.05, 0.1) is 0 Å². The molecule has 1 aromatic heterocycles. The van der Waals surface area contributed by atoms with Gasteiger partial charge in [-0.2, -0.15) is 0 Å². The van der Waals surface area contributed by atoms with Gasteiger partial charge in [0.25, 0.3) is 5.56 Å². The molecule has 0 aliphatic carbocycles. The van der Waals surface area contributed by atoms with Crippen LogP contribution in [0, 0.1) is 6.92 Å². The number of aromatic amines is 1. The monoisotopic (exact) mass is 273 g/mol. The van der Waals surface area contributed by atoms with Crippen LogP contribution < -0.4 is 10.3 Å². The normalized spacial score (nSPS) is 10.1. The molecule has 1 heterocycles. The number of rotatable bonds is 5. The molecule has 5 heteroatoms. The summed E-state index contributed by atoms with van der Waals surface area (Å²) < 4.78 is 10.4. The van der Waals surface area contributed by atoms with Crippen LogP contribution in [0.5, 0.6) is 5.75 Å². The summed E-state index contributed by atoms with van der Waals surface area (Å²) in [6.45, 7) is 2.29. The van der Waals surface area contributed by atoms with Gasteiger partial charge in [0.1, 0.15) is 24.5 Å². The number of ether oxygens (including phenoxy) is 2. The summed E-state index contributed by atoms with van der Waals surface area (Å²) in [5.74, 6) is 0.0679. The molecule has 1 N–H and O–H groups in total. The van der Waals surface area contributed by atoms with Gasteiger partial charge in [0.2, 0.25) is 0 Å². The summed E-state index contributed by atoms with van der Waals surface area (Å²) in [5, 5.41) is 0. The van der Waals surface area contributed by atoms with Crippen LogP contribution in [0.15, 0.2) is 47.4 Å². The van der Waals surface area contributed by atoms with Crippen molar-refractivity contribution in [3.05, 3.63) is 64.1 Å². The highest BCUT2D eigenvalue weighted by Crippen LogP contribution is 2.11. The van der Waals surface area contributed by atoms with E-state index in [1.165, 1.54) is 12.3 Å². The van der Waals surface area contributed by atoms with Gasteiger partial charge in [-0.05, 0) is 36.8 Å². The maximum Gasteiger partial charge on any atom is 0.343 e. The Balaban J connectivity index is 1.80. The second-order valence-corrected chi connectivity index (χ2v) is 4.21. The number of benzene rings is 1. The second-order valence-electron chi connectivity index (χ2n) is 4.21. The molecule has 0 unspecified atom stereocenters. The van der Waals surface area contributed by atoms with Crippen LogP contribution in [0.3, 0.4) is 0 Å². The third-order valence-electron chi connectivity index (χ3n) is 2.61. The molecule has 1 aromatic carbocycles. The lowest BCUT2D eigenvalue weighted by atomic mass is 10.2. The Bertz CT molecular complexity index is 648. The standard InChI is InChI=1S/C15H15NO4/c1-11-4-2-5-12(10-11)19-8-9-20-15(18)13-6-3-7-16-14(13)17/h2-7,10H,8-9H2,1H3,(H,16,17). The first-order valence-corrected chi connectivity index (χ1v) is 6.21. The first-order chi connectivity index (χ1) is 9.66. The Hall–Kier alpha value is -2.56. The first-order valence-electron chi connectivity index (χ1n) is 6.21. The number of carbonyl (C=O) groups is 1. The Labute approximate surface area is 116 Å². The van der Waals surface area contributed by atoms with Gasteiger partial charge >= 0.3 is 5.97 Å². The molecule has 0 amide bonds. The molecule has 2 aromatic rings. The number of nitrogens with one attached hydrogen (secondary N) is 1. The summed E-state index contributed by atoms with van der Waals surface area (Å²) in [7, 11) is 0. The third kappa shape index (κ3) is 3.71. The summed E-state index contributed by atoms with van der Waals surface area (Å²) in [4.78, 5) is 25.4. The lowest BCUT2D eigenvalue weighted by Crippen LogP contribution is -2.20. The minimum atomic E-state index is -0.653. The first kappa shape index (κ1) is 13.9. The van der Waals surface area contributed by atoms with Gasteiger partial charge < -0.3 is 14.5 Å². The zero-order chi connectivity index (χ0) is 14.4. The van der Waals surface area contributed by atoms with Gasteiger partial charge in [0.15, 0.2) is 0 Å². The van der Waals surface area contributed by atoms with Crippen molar-refractivity contribution in [3.8, 4) is 5.75 Å². The highest BCUT2D eigenvalue weighted by molar-refractivity contribution is 5.88. The highest BCUT2D eigenvalue weighted by atomic mass is 16.6. The molecule has 0 radical (unpaired) electrons. The van der Waals surface area contributed by atoms with Crippen LogP contribution in [0.2, 0.25) is 0 Å². The van der Waals surface area contributed by atoms with Gasteiger partial charge in [-0.15, -0.1) is 0 Å². The average Bonchev–Trinajstić information content (AvgIpc) is 2.44. The van der Waals surface area contributed by atoms with Crippen LogP contribution in [0.25, 0.3) is 0 Å². The molecular formula is C15H15NO4. The van der Waals surface area contributed by atoms with E-state index >= 15 is 0 Å². The Morgan fingerprint density at radius 1 is 1.20 bits per heavy atom. The van der Waals surface area contributed by atoms with Crippen molar-refractivity contribution >= 4 is 5.97 Å². The minimum Gasteiger partial charge on any atom is -0.490 e. The number of esters is 1. The van der Waals surface area contributed by atoms with Gasteiger partial charge in [-0.3, -0.25) is 4.79 Å². The molecule has 104 valence electrons. The maximum atomic E-state index is 11.6. The number of carbonyl (C=O) groups excluding carboxylic acids is 1. The van der Waals surface area contributed by atoms with E-state index in [1.807, 2.05) is 31.2 Å². The van der Waals surface area contributed by atoms with Crippen LogP contribution in [0.1, 0.15) is 15.9 Å². The molecule has 0 saturated carbocycles. The average molecular weight is 273 g/mol. The van der Waals surface area contributed by atoms with E-state index in [2.05, 4.69) is 4.98 Å². The van der Waals surface area contributed by atoms with Crippen molar-refractivity contribution in [2.24, 2.45) is 0 Å². The van der Waals surface area contributed by atoms with Crippen molar-refractivity contribution in [3.63, 3.8) is 0 Å². The van der Waals surface area contributed by atoms with Crippen LogP contribution in [-0.4, -0.2) is 24.2 Å². The van der Waals surface area contributed by atoms with Crippen molar-refractivity contribution in [1.82, 2.24) is 4.98 Å². The predicted octanol–water partition coefficient (Wildman–Crippen LogP) is 1.92. The summed E-state index contributed by atoms with van der Waals surface area (Å²) in [6.07, 6.45) is 1.46. The Kier molecular flexibility index (Phi) is 4.55. The van der Waals surface area contributed by atoms with E-state index in [0.717, 1.165) is 11.3 Å². The summed E-state index contributed by atoms with van der Waals surface area (Å²) in [6, 6.07) is 10.6. The smallest absolute Gasteiger partial charge is 0.343 e. The van der Waals surface area contributed by atoms with Crippen LogP contribution in [0.4, 0.5) is 0 Å². The van der Waals surface area contributed by atoms with Gasteiger partial charge in [-0.25, -0.2) is 4.79 Å². The zero-order valence-electron chi connectivity index (χ0n) is 11.1. The highest BCUT2D eigenvalue weighted by Gasteiger charge is 2.10. The van der Waals surface area contributed by atoms with Crippen molar-refractivity contribution < 1.29 is 14.3 Å². The third-order valence-corrected chi connectivity index (χ3v) is 2.61. The number of hydrogen-bond donors (Lipinski definition) is 1. The topological polar surface area (TPSA) is 68.4 Å². The van der Waals surface area contributed by atoms with Gasteiger partial charge in [-0.1, -0.05) is 12.1 Å². The molecule has 5 nitrogen and oxygen atoms in total. The van der Waals surface area contributed by atoms with Crippen LogP contribution in [-0.2, 0) is 4.74 Å². The van der Waals surface area contributed by atoms with Crippen LogP contribution >= 0.6 is 0 Å². The number of pyridine rings is 1. The minimum absolute atomic E-state index is 0.0111. The fourth-order valence-electron chi connectivity index (χ4n) is 1.66. The molecule has 2 rings (SSSR count). The van der Waals surface area contributed by atoms with Crippen molar-refractivity contribution in [2.45, 2.75) is 6.92 Å². The van der Waals surface area contributed by atoms with Gasteiger partial charge in [0, 0.05) is 6.20 Å². The fraction of sp³-hybridized carbons (Fsp3) is 0.200. The van der Waals surface area contributed by atoms with E-state index in [1.54, 1.807) is 6.07 Å². The second kappa shape index (κ2) is 6.56. The quantitative estimate of drug-likeness (QED) is 0.667. The number of aromatic nitrogens is 1. The van der Waals surface area contributed by atoms with Crippen molar-refractivity contribution in [1.29, 1.82) is 0 Å². The number of aryl methyl sites for hydroxylation is 1. The lowest BCUT2D eigenvalue weighted by Gasteiger charge is -2.07. The van der Waals surface area contributed by atoms with E-state index in [0.29, 0.717) is 0 Å². The molecule has 0 spiro atoms. The number of H-pyrrole nitrogens is 1. The zero-order valence-corrected chi connectivity index (χ0v) is 11.1. The molecule has 0 atom stereocenters. The van der Waals surface area contributed by atoms with E-state index in [-0.39, 0.29) is 18.8 Å². The largest absolute Gasteiger partial charge is 0.490 e. The Morgan fingerprint density at radius 2 is 2.05 bits per heavy atom. The lowest BCUT2D eigenvalue weighted by molar-refractivity contribution is 0.0448. The molecule has 0 bridgehead atoms. The SMILES string of the molecule is Cc1cccc(OCCOC(=O)c2ccc[nH]c2=O)c1. The Morgan fingerprint density at radius 3 is 2.80 bits per heavy atom. The summed E-state index contributed by atoms with van der Waals surface area (Å²) in [5.41, 5.74) is 0.621. The van der Waals surface area contributed by atoms with E-state index in [9.17, 15) is 9.59 Å². The molecule has 0 fully saturated rings. The van der Waals surface area contributed by atoms with E-state index < -0.39 is 11.5 Å². The molecular weight excluding hydrogens is 258 g/mol. The maximum absolute atomic E-state index is 11.6. The molecule has 0 saturated heterocycles. The summed E-state index contributed by atoms with van der Waals surface area (Å²) >= 11 is 0. The molecule has 0 aliphatic heterocycles. The van der Waals surface area contributed by atoms with E-state index in [4.69, 9.17) is 9.47 Å². The predicted molar refractivity (Wildman–Crippen MR) is 74.0 cm³/mol. The number of hydrogen-bond acceptors (Lipinski definition) is 4.